The monoisotopic (exact) mass is 197 g/mol. The van der Waals surface area contributed by atoms with Gasteiger partial charge in [0.25, 0.3) is 0 Å². The van der Waals surface area contributed by atoms with E-state index in [0.29, 0.717) is 24.8 Å². The Labute approximate surface area is 80.4 Å². The summed E-state index contributed by atoms with van der Waals surface area (Å²) in [6, 6.07) is 4.16. The van der Waals surface area contributed by atoms with Crippen LogP contribution < -0.4 is 0 Å². The van der Waals surface area contributed by atoms with Gasteiger partial charge >= 0.3 is 0 Å². The molecule has 0 saturated carbocycles. The first-order valence-corrected chi connectivity index (χ1v) is 4.19. The molecule has 4 heteroatoms. The summed E-state index contributed by atoms with van der Waals surface area (Å²) in [5.41, 5.74) is 0.497. The molecule has 0 spiro atoms. The molecule has 74 valence electrons. The highest BCUT2D eigenvalue weighted by atomic mass is 19.2. The Morgan fingerprint density at radius 2 is 2.07 bits per heavy atom. The average Bonchev–Trinajstić information content (AvgIpc) is 2.14. The van der Waals surface area contributed by atoms with Gasteiger partial charge in [0.1, 0.15) is 0 Å². The number of hydrogen-bond acceptors (Lipinski definition) is 2. The molecule has 0 aromatic heterocycles. The number of phenols is 1. The SMILES string of the molecule is N#CCCCc1cc(O)c(F)c(F)c1. The number of unbranched alkanes of at least 4 members (excludes halogenated alkanes) is 1. The summed E-state index contributed by atoms with van der Waals surface area (Å²) in [4.78, 5) is 0. The average molecular weight is 197 g/mol. The minimum atomic E-state index is -1.23. The second kappa shape index (κ2) is 4.56. The first kappa shape index (κ1) is 10.5. The molecule has 1 N–H and O–H groups in total. The molecule has 0 unspecified atom stereocenters. The molecule has 1 rings (SSSR count). The van der Waals surface area contributed by atoms with Crippen LogP contribution in [-0.4, -0.2) is 5.11 Å². The molecule has 0 amide bonds. The maximum absolute atomic E-state index is 12.7. The summed E-state index contributed by atoms with van der Waals surface area (Å²) in [6.45, 7) is 0. The molecule has 1 aromatic carbocycles. The van der Waals surface area contributed by atoms with Gasteiger partial charge in [-0.05, 0) is 30.5 Å². The fourth-order valence-corrected chi connectivity index (χ4v) is 1.15. The fourth-order valence-electron chi connectivity index (χ4n) is 1.15. The number of hydrogen-bond donors (Lipinski definition) is 1. The lowest BCUT2D eigenvalue weighted by molar-refractivity contribution is 0.405. The van der Waals surface area contributed by atoms with Crippen molar-refractivity contribution in [3.05, 3.63) is 29.3 Å². The predicted molar refractivity (Wildman–Crippen MR) is 46.6 cm³/mol. The van der Waals surface area contributed by atoms with Crippen molar-refractivity contribution in [2.24, 2.45) is 0 Å². The van der Waals surface area contributed by atoms with Gasteiger partial charge in [0.05, 0.1) is 6.07 Å². The molecule has 0 atom stereocenters. The van der Waals surface area contributed by atoms with Crippen LogP contribution in [0.3, 0.4) is 0 Å². The largest absolute Gasteiger partial charge is 0.505 e. The van der Waals surface area contributed by atoms with Crippen LogP contribution in [0.25, 0.3) is 0 Å². The van der Waals surface area contributed by atoms with Gasteiger partial charge in [-0.25, -0.2) is 4.39 Å². The van der Waals surface area contributed by atoms with E-state index in [-0.39, 0.29) is 0 Å². The lowest BCUT2D eigenvalue weighted by Gasteiger charge is -2.02. The standard InChI is InChI=1S/C10H9F2NO/c11-8-5-7(3-1-2-4-13)6-9(14)10(8)12/h5-6,14H,1-3H2. The summed E-state index contributed by atoms with van der Waals surface area (Å²) in [7, 11) is 0. The van der Waals surface area contributed by atoms with Crippen molar-refractivity contribution in [1.82, 2.24) is 0 Å². The van der Waals surface area contributed by atoms with Crippen molar-refractivity contribution < 1.29 is 13.9 Å². The van der Waals surface area contributed by atoms with E-state index in [1.807, 2.05) is 6.07 Å². The van der Waals surface area contributed by atoms with Gasteiger partial charge in [0, 0.05) is 6.42 Å². The molecule has 0 heterocycles. The van der Waals surface area contributed by atoms with Gasteiger partial charge in [-0.1, -0.05) is 0 Å². The zero-order valence-corrected chi connectivity index (χ0v) is 7.43. The molecule has 1 aromatic rings. The minimum absolute atomic E-state index is 0.361. The molecular formula is C10H9F2NO. The zero-order valence-electron chi connectivity index (χ0n) is 7.43. The number of halogens is 2. The third kappa shape index (κ3) is 2.43. The zero-order chi connectivity index (χ0) is 10.6. The van der Waals surface area contributed by atoms with Crippen molar-refractivity contribution in [3.63, 3.8) is 0 Å². The Kier molecular flexibility index (Phi) is 3.41. The Morgan fingerprint density at radius 1 is 1.36 bits per heavy atom. The number of nitriles is 1. The maximum Gasteiger partial charge on any atom is 0.200 e. The van der Waals surface area contributed by atoms with Crippen LogP contribution in [0.2, 0.25) is 0 Å². The van der Waals surface area contributed by atoms with Crippen molar-refractivity contribution in [2.45, 2.75) is 19.3 Å². The third-order valence-corrected chi connectivity index (χ3v) is 1.82. The van der Waals surface area contributed by atoms with Gasteiger partial charge in [-0.2, -0.15) is 9.65 Å². The van der Waals surface area contributed by atoms with Crippen molar-refractivity contribution in [1.29, 1.82) is 5.26 Å². The quantitative estimate of drug-likeness (QED) is 0.756. The smallest absolute Gasteiger partial charge is 0.200 e. The van der Waals surface area contributed by atoms with Crippen LogP contribution in [0.4, 0.5) is 8.78 Å². The number of aryl methyl sites for hydroxylation is 1. The molecule has 0 aliphatic carbocycles. The van der Waals surface area contributed by atoms with Gasteiger partial charge in [0.2, 0.25) is 0 Å². The van der Waals surface area contributed by atoms with Crippen LogP contribution in [0.1, 0.15) is 18.4 Å². The molecular weight excluding hydrogens is 188 g/mol. The summed E-state index contributed by atoms with van der Waals surface area (Å²) in [6.07, 6.45) is 1.39. The second-order valence-corrected chi connectivity index (χ2v) is 2.92. The molecule has 0 saturated heterocycles. The van der Waals surface area contributed by atoms with Gasteiger partial charge in [-0.3, -0.25) is 0 Å². The number of benzene rings is 1. The van der Waals surface area contributed by atoms with E-state index in [1.165, 1.54) is 6.07 Å². The molecule has 14 heavy (non-hydrogen) atoms. The lowest BCUT2D eigenvalue weighted by Crippen LogP contribution is -1.91. The normalized spacial score (nSPS) is 9.79. The number of nitrogens with zero attached hydrogens (tertiary/aromatic N) is 1. The Bertz CT molecular complexity index is 348. The Balaban J connectivity index is 2.75. The van der Waals surface area contributed by atoms with Crippen molar-refractivity contribution in [2.75, 3.05) is 0 Å². The highest BCUT2D eigenvalue weighted by molar-refractivity contribution is 5.30. The predicted octanol–water partition coefficient (Wildman–Crippen LogP) is 2.52. The Hall–Kier alpha value is -1.63. The number of phenolic OH excluding ortho intramolecular Hbond substituents is 1. The molecule has 0 bridgehead atoms. The second-order valence-electron chi connectivity index (χ2n) is 2.92. The Morgan fingerprint density at radius 3 is 2.64 bits per heavy atom. The topological polar surface area (TPSA) is 44.0 Å². The van der Waals surface area contributed by atoms with Crippen molar-refractivity contribution in [3.8, 4) is 11.8 Å². The number of rotatable bonds is 3. The lowest BCUT2D eigenvalue weighted by atomic mass is 10.1. The van der Waals surface area contributed by atoms with Crippen LogP contribution in [0.15, 0.2) is 12.1 Å². The van der Waals surface area contributed by atoms with Crippen LogP contribution in [0.5, 0.6) is 5.75 Å². The molecule has 0 aliphatic rings. The fraction of sp³-hybridized carbons (Fsp3) is 0.300. The highest BCUT2D eigenvalue weighted by Crippen LogP contribution is 2.21. The van der Waals surface area contributed by atoms with E-state index >= 15 is 0 Å². The van der Waals surface area contributed by atoms with E-state index in [9.17, 15) is 8.78 Å². The molecule has 0 fully saturated rings. The van der Waals surface area contributed by atoms with E-state index in [1.54, 1.807) is 0 Å². The highest BCUT2D eigenvalue weighted by Gasteiger charge is 2.09. The summed E-state index contributed by atoms with van der Waals surface area (Å²) in [5.74, 6) is -2.97. The minimum Gasteiger partial charge on any atom is -0.505 e. The van der Waals surface area contributed by atoms with Gasteiger partial charge in [-0.15, -0.1) is 0 Å². The first-order chi connectivity index (χ1) is 6.65. The molecule has 0 aliphatic heterocycles. The summed E-state index contributed by atoms with van der Waals surface area (Å²) < 4.78 is 25.4. The maximum atomic E-state index is 12.7. The summed E-state index contributed by atoms with van der Waals surface area (Å²) >= 11 is 0. The van der Waals surface area contributed by atoms with Crippen LogP contribution in [-0.2, 0) is 6.42 Å². The van der Waals surface area contributed by atoms with Crippen molar-refractivity contribution >= 4 is 0 Å². The third-order valence-electron chi connectivity index (χ3n) is 1.82. The van der Waals surface area contributed by atoms with E-state index in [2.05, 4.69) is 0 Å². The van der Waals surface area contributed by atoms with Gasteiger partial charge in [0.15, 0.2) is 17.4 Å². The molecule has 0 radical (unpaired) electrons. The van der Waals surface area contributed by atoms with Crippen LogP contribution >= 0.6 is 0 Å². The van der Waals surface area contributed by atoms with Crippen LogP contribution in [0, 0.1) is 23.0 Å². The van der Waals surface area contributed by atoms with Gasteiger partial charge < -0.3 is 5.11 Å². The first-order valence-electron chi connectivity index (χ1n) is 4.19. The summed E-state index contributed by atoms with van der Waals surface area (Å²) in [5, 5.41) is 17.2. The number of aromatic hydroxyl groups is 1. The van der Waals surface area contributed by atoms with E-state index < -0.39 is 17.4 Å². The van der Waals surface area contributed by atoms with E-state index in [0.717, 1.165) is 6.07 Å². The van der Waals surface area contributed by atoms with E-state index in [4.69, 9.17) is 10.4 Å². The molecule has 2 nitrogen and oxygen atoms in total.